The Hall–Kier alpha value is -2.70. The highest BCUT2D eigenvalue weighted by Crippen LogP contribution is 2.17. The number of hydrogen-bond acceptors (Lipinski definition) is 5. The molecule has 3 N–H and O–H groups in total. The van der Waals surface area contributed by atoms with E-state index >= 15 is 0 Å². The molecule has 6 nitrogen and oxygen atoms in total. The van der Waals surface area contributed by atoms with Gasteiger partial charge in [0.05, 0.1) is 25.2 Å². The molecule has 0 fully saturated rings. The van der Waals surface area contributed by atoms with E-state index in [2.05, 4.69) is 38.2 Å². The Morgan fingerprint density at radius 3 is 1.38 bits per heavy atom. The van der Waals surface area contributed by atoms with Crippen molar-refractivity contribution in [3.63, 3.8) is 0 Å². The Balaban J connectivity index is 4.74. The van der Waals surface area contributed by atoms with Crippen molar-refractivity contribution < 1.29 is 24.5 Å². The monoisotopic (exact) mass is 810 g/mol. The second-order valence-corrected chi connectivity index (χ2v) is 16.3. The fourth-order valence-corrected chi connectivity index (χ4v) is 7.06. The molecule has 0 aromatic rings. The zero-order valence-corrected chi connectivity index (χ0v) is 37.9. The van der Waals surface area contributed by atoms with Crippen molar-refractivity contribution in [2.75, 3.05) is 6.61 Å². The molecular weight excluding hydrogens is 719 g/mol. The highest BCUT2D eigenvalue weighted by atomic mass is 16.5. The Morgan fingerprint density at radius 1 is 0.517 bits per heavy atom. The number of hydrogen-bond donors (Lipinski definition) is 3. The van der Waals surface area contributed by atoms with Gasteiger partial charge in [-0.25, -0.2) is 0 Å². The summed E-state index contributed by atoms with van der Waals surface area (Å²) in [5.41, 5.74) is 0. The summed E-state index contributed by atoms with van der Waals surface area (Å²) in [5, 5.41) is 23.7. The summed E-state index contributed by atoms with van der Waals surface area (Å²) in [5.74, 6) is -0.551. The van der Waals surface area contributed by atoms with Gasteiger partial charge in [-0.05, 0) is 38.5 Å². The topological polar surface area (TPSA) is 95.9 Å². The summed E-state index contributed by atoms with van der Waals surface area (Å²) in [7, 11) is 0. The predicted octanol–water partition coefficient (Wildman–Crippen LogP) is 14.2. The van der Waals surface area contributed by atoms with E-state index in [0.29, 0.717) is 19.3 Å². The van der Waals surface area contributed by atoms with Crippen LogP contribution in [0.25, 0.3) is 0 Å². The van der Waals surface area contributed by atoms with Crippen LogP contribution in [0.15, 0.2) is 72.9 Å². The number of rotatable bonds is 42. The number of esters is 1. The molecule has 0 aromatic carbocycles. The van der Waals surface area contributed by atoms with Gasteiger partial charge in [0.25, 0.3) is 0 Å². The molecule has 0 radical (unpaired) electrons. The molecule has 0 heterocycles. The number of amides is 1. The Bertz CT molecular complexity index is 1090. The van der Waals surface area contributed by atoms with Crippen LogP contribution in [0.5, 0.6) is 0 Å². The molecule has 0 bridgehead atoms. The smallest absolute Gasteiger partial charge is 0.306 e. The largest absolute Gasteiger partial charge is 0.462 e. The number of allylic oxidation sites excluding steroid dienone is 12. The van der Waals surface area contributed by atoms with Gasteiger partial charge in [0, 0.05) is 6.42 Å². The van der Waals surface area contributed by atoms with Crippen molar-refractivity contribution in [2.45, 2.75) is 238 Å². The number of carbonyl (C=O) groups is 2. The van der Waals surface area contributed by atoms with Gasteiger partial charge < -0.3 is 20.3 Å². The van der Waals surface area contributed by atoms with Crippen molar-refractivity contribution in [1.29, 1.82) is 0 Å². The SMILES string of the molecule is CC\C=C/C=C/C=C/C=C\C=C\C=C\CCCC(CC(=O)NC(CO)C(O)CCCCCCCCCCCCCCC)OC(=O)CCCCCCCCCCCCC. The van der Waals surface area contributed by atoms with Crippen molar-refractivity contribution in [1.82, 2.24) is 5.32 Å². The molecule has 3 unspecified atom stereocenters. The molecule has 0 saturated heterocycles. The zero-order chi connectivity index (χ0) is 42.4. The van der Waals surface area contributed by atoms with Gasteiger partial charge in [-0.1, -0.05) is 241 Å². The molecule has 0 spiro atoms. The Labute approximate surface area is 358 Å². The van der Waals surface area contributed by atoms with E-state index in [1.165, 1.54) is 116 Å². The van der Waals surface area contributed by atoms with Gasteiger partial charge in [-0.15, -0.1) is 0 Å². The quantitative estimate of drug-likeness (QED) is 0.0324. The van der Waals surface area contributed by atoms with Gasteiger partial charge in [-0.2, -0.15) is 0 Å². The van der Waals surface area contributed by atoms with Gasteiger partial charge in [0.2, 0.25) is 5.91 Å². The first-order valence-corrected chi connectivity index (χ1v) is 24.2. The van der Waals surface area contributed by atoms with Crippen LogP contribution in [0.3, 0.4) is 0 Å². The molecule has 0 aliphatic rings. The van der Waals surface area contributed by atoms with Gasteiger partial charge in [0.15, 0.2) is 0 Å². The van der Waals surface area contributed by atoms with Crippen LogP contribution < -0.4 is 5.32 Å². The molecule has 58 heavy (non-hydrogen) atoms. The van der Waals surface area contributed by atoms with E-state index in [4.69, 9.17) is 4.74 Å². The molecule has 0 aromatic heterocycles. The molecule has 0 rings (SSSR count). The average molecular weight is 810 g/mol. The minimum Gasteiger partial charge on any atom is -0.462 e. The maximum atomic E-state index is 13.2. The summed E-state index contributed by atoms with van der Waals surface area (Å²) >= 11 is 0. The number of unbranched alkanes of at least 4 members (excludes halogenated alkanes) is 23. The first-order valence-electron chi connectivity index (χ1n) is 24.2. The summed E-state index contributed by atoms with van der Waals surface area (Å²) in [6.07, 6.45) is 56.7. The molecule has 0 saturated carbocycles. The van der Waals surface area contributed by atoms with Crippen molar-refractivity contribution in [3.05, 3.63) is 72.9 Å². The molecular formula is C52H91NO5. The molecule has 6 heteroatoms. The van der Waals surface area contributed by atoms with Crippen LogP contribution >= 0.6 is 0 Å². The molecule has 0 aliphatic carbocycles. The highest BCUT2D eigenvalue weighted by Gasteiger charge is 2.24. The normalized spacial score (nSPS) is 13.9. The van der Waals surface area contributed by atoms with Crippen LogP contribution in [0.4, 0.5) is 0 Å². The predicted molar refractivity (Wildman–Crippen MR) is 250 cm³/mol. The lowest BCUT2D eigenvalue weighted by Gasteiger charge is -2.24. The third kappa shape index (κ3) is 40.1. The van der Waals surface area contributed by atoms with Crippen LogP contribution in [0.2, 0.25) is 0 Å². The minimum absolute atomic E-state index is 0.0258. The number of nitrogens with one attached hydrogen (secondary N) is 1. The third-order valence-corrected chi connectivity index (χ3v) is 10.7. The van der Waals surface area contributed by atoms with Crippen LogP contribution in [-0.2, 0) is 14.3 Å². The van der Waals surface area contributed by atoms with Crippen LogP contribution in [-0.4, -0.2) is 46.9 Å². The lowest BCUT2D eigenvalue weighted by atomic mass is 10.0. The van der Waals surface area contributed by atoms with Crippen molar-refractivity contribution in [2.24, 2.45) is 0 Å². The lowest BCUT2D eigenvalue weighted by molar-refractivity contribution is -0.151. The minimum atomic E-state index is -0.808. The maximum Gasteiger partial charge on any atom is 0.306 e. The van der Waals surface area contributed by atoms with Gasteiger partial charge >= 0.3 is 5.97 Å². The zero-order valence-electron chi connectivity index (χ0n) is 37.9. The maximum absolute atomic E-state index is 13.2. The second-order valence-electron chi connectivity index (χ2n) is 16.3. The molecule has 334 valence electrons. The van der Waals surface area contributed by atoms with E-state index in [9.17, 15) is 19.8 Å². The molecule has 1 amide bonds. The summed E-state index contributed by atoms with van der Waals surface area (Å²) in [4.78, 5) is 26.0. The van der Waals surface area contributed by atoms with E-state index in [-0.39, 0.29) is 24.9 Å². The summed E-state index contributed by atoms with van der Waals surface area (Å²) < 4.78 is 5.87. The van der Waals surface area contributed by atoms with Crippen LogP contribution in [0.1, 0.15) is 220 Å². The van der Waals surface area contributed by atoms with Crippen molar-refractivity contribution >= 4 is 11.9 Å². The highest BCUT2D eigenvalue weighted by molar-refractivity contribution is 5.77. The first kappa shape index (κ1) is 55.3. The van der Waals surface area contributed by atoms with E-state index in [1.807, 2.05) is 60.8 Å². The number of ether oxygens (including phenoxy) is 1. The molecule has 3 atom stereocenters. The van der Waals surface area contributed by atoms with Gasteiger partial charge in [0.1, 0.15) is 6.10 Å². The summed E-state index contributed by atoms with van der Waals surface area (Å²) in [6, 6.07) is -0.726. The number of aliphatic hydroxyl groups excluding tert-OH is 2. The van der Waals surface area contributed by atoms with Crippen molar-refractivity contribution in [3.8, 4) is 0 Å². The van der Waals surface area contributed by atoms with E-state index in [0.717, 1.165) is 57.8 Å². The first-order chi connectivity index (χ1) is 28.5. The van der Waals surface area contributed by atoms with Crippen LogP contribution in [0, 0.1) is 0 Å². The fraction of sp³-hybridized carbons (Fsp3) is 0.731. The fourth-order valence-electron chi connectivity index (χ4n) is 7.06. The third-order valence-electron chi connectivity index (χ3n) is 10.7. The number of aliphatic hydroxyl groups is 2. The Morgan fingerprint density at radius 2 is 0.931 bits per heavy atom. The average Bonchev–Trinajstić information content (AvgIpc) is 3.22. The van der Waals surface area contributed by atoms with Gasteiger partial charge in [-0.3, -0.25) is 9.59 Å². The Kier molecular flexibility index (Phi) is 43.3. The molecule has 0 aliphatic heterocycles. The van der Waals surface area contributed by atoms with E-state index < -0.39 is 18.2 Å². The standard InChI is InChI=1S/C52H91NO5/c1-4-7-10-13-16-19-22-24-25-27-29-31-34-37-40-43-48(58-52(57)45-42-39-36-33-28-21-18-15-12-9-6-3)46-51(56)53-49(47-54)50(55)44-41-38-35-32-30-26-23-20-17-14-11-8-5-2/h7,10,13,16,19,22,24-25,27,29,31,34,48-50,54-55H,4-6,8-9,11-12,14-15,17-18,20-21,23,26,28,30,32-33,35-47H2,1-3H3,(H,53,56)/b10-7-,16-13+,22-19+,25-24-,29-27+,34-31+. The summed E-state index contributed by atoms with van der Waals surface area (Å²) in [6.45, 7) is 6.30. The number of carbonyl (C=O) groups excluding carboxylic acids is 2. The second kappa shape index (κ2) is 45.4. The lowest BCUT2D eigenvalue weighted by Crippen LogP contribution is -2.46. The van der Waals surface area contributed by atoms with E-state index in [1.54, 1.807) is 0 Å².